The molecule has 1 aromatic heterocycles. The zero-order valence-electron chi connectivity index (χ0n) is 9.94. The topological polar surface area (TPSA) is 45.1 Å². The van der Waals surface area contributed by atoms with Gasteiger partial charge in [-0.15, -0.1) is 11.8 Å². The van der Waals surface area contributed by atoms with Crippen LogP contribution in [0, 0.1) is 0 Å². The fourth-order valence-corrected chi connectivity index (χ4v) is 2.54. The summed E-state index contributed by atoms with van der Waals surface area (Å²) in [6.45, 7) is 5.16. The number of aliphatic hydroxyl groups excluding tert-OH is 1. The van der Waals surface area contributed by atoms with E-state index in [9.17, 15) is 5.11 Å². The Bertz CT molecular complexity index is 294. The van der Waals surface area contributed by atoms with E-state index < -0.39 is 0 Å². The summed E-state index contributed by atoms with van der Waals surface area (Å²) in [4.78, 5) is 4.25. The van der Waals surface area contributed by atoms with Crippen LogP contribution in [-0.4, -0.2) is 34.5 Å². The lowest BCUT2D eigenvalue weighted by Gasteiger charge is -2.28. The molecule has 0 aromatic carbocycles. The molecule has 2 N–H and O–H groups in total. The molecule has 16 heavy (non-hydrogen) atoms. The van der Waals surface area contributed by atoms with Gasteiger partial charge in [0.2, 0.25) is 0 Å². The van der Waals surface area contributed by atoms with Crippen LogP contribution in [-0.2, 0) is 0 Å². The van der Waals surface area contributed by atoms with E-state index in [1.807, 2.05) is 18.2 Å². The number of hydrogen-bond donors (Lipinski definition) is 2. The van der Waals surface area contributed by atoms with Crippen molar-refractivity contribution in [3.8, 4) is 0 Å². The third kappa shape index (κ3) is 4.51. The van der Waals surface area contributed by atoms with Crippen molar-refractivity contribution in [2.75, 3.05) is 18.9 Å². The van der Waals surface area contributed by atoms with Crippen LogP contribution in [0.3, 0.4) is 0 Å². The van der Waals surface area contributed by atoms with Gasteiger partial charge in [0.15, 0.2) is 0 Å². The molecule has 0 amide bonds. The van der Waals surface area contributed by atoms with E-state index in [-0.39, 0.29) is 12.1 Å². The van der Waals surface area contributed by atoms with E-state index in [0.717, 1.165) is 23.7 Å². The number of pyridine rings is 1. The number of nitrogens with one attached hydrogen (secondary N) is 1. The van der Waals surface area contributed by atoms with Crippen molar-refractivity contribution >= 4 is 11.8 Å². The predicted octanol–water partition coefficient (Wildman–Crippen LogP) is 1.92. The maximum Gasteiger partial charge on any atom is 0.0959 e. The molecule has 3 nitrogen and oxygen atoms in total. The van der Waals surface area contributed by atoms with Crippen molar-refractivity contribution in [2.45, 2.75) is 30.8 Å². The number of likely N-dealkylation sites (N-methyl/N-ethyl adjacent to an activating group) is 1. The first-order valence-corrected chi connectivity index (χ1v) is 6.58. The SMILES string of the molecule is CCNC(C)(CO)CCSc1ccccn1. The first-order chi connectivity index (χ1) is 7.70. The Morgan fingerprint density at radius 2 is 2.31 bits per heavy atom. The molecule has 0 fully saturated rings. The summed E-state index contributed by atoms with van der Waals surface area (Å²) in [6, 6.07) is 5.92. The second kappa shape index (κ2) is 6.89. The Labute approximate surface area is 102 Å². The summed E-state index contributed by atoms with van der Waals surface area (Å²) in [5.41, 5.74) is -0.170. The summed E-state index contributed by atoms with van der Waals surface area (Å²) in [6.07, 6.45) is 2.73. The van der Waals surface area contributed by atoms with Crippen LogP contribution in [0.4, 0.5) is 0 Å². The molecule has 4 heteroatoms. The van der Waals surface area contributed by atoms with E-state index in [1.165, 1.54) is 0 Å². The highest BCUT2D eigenvalue weighted by atomic mass is 32.2. The number of aliphatic hydroxyl groups is 1. The molecule has 1 rings (SSSR count). The molecule has 0 spiro atoms. The lowest BCUT2D eigenvalue weighted by Crippen LogP contribution is -2.46. The van der Waals surface area contributed by atoms with Gasteiger partial charge < -0.3 is 10.4 Å². The Balaban J connectivity index is 2.34. The average molecular weight is 240 g/mol. The van der Waals surface area contributed by atoms with Crippen molar-refractivity contribution in [3.63, 3.8) is 0 Å². The Kier molecular flexibility index (Phi) is 5.80. The normalized spacial score (nSPS) is 14.7. The average Bonchev–Trinajstić information content (AvgIpc) is 2.31. The molecular formula is C12H20N2OS. The fraction of sp³-hybridized carbons (Fsp3) is 0.583. The maximum absolute atomic E-state index is 9.33. The van der Waals surface area contributed by atoms with Gasteiger partial charge >= 0.3 is 0 Å². The summed E-state index contributed by atoms with van der Waals surface area (Å²) in [5.74, 6) is 0.959. The molecule has 0 saturated heterocycles. The molecule has 0 radical (unpaired) electrons. The van der Waals surface area contributed by atoms with Crippen molar-refractivity contribution < 1.29 is 5.11 Å². The van der Waals surface area contributed by atoms with Gasteiger partial charge in [-0.05, 0) is 32.0 Å². The molecule has 90 valence electrons. The molecule has 1 unspecified atom stereocenters. The van der Waals surface area contributed by atoms with Gasteiger partial charge in [0.1, 0.15) is 0 Å². The van der Waals surface area contributed by atoms with E-state index in [4.69, 9.17) is 0 Å². The third-order valence-corrected chi connectivity index (χ3v) is 3.44. The summed E-state index contributed by atoms with van der Waals surface area (Å²) >= 11 is 1.73. The number of hydrogen-bond acceptors (Lipinski definition) is 4. The van der Waals surface area contributed by atoms with Crippen LogP contribution in [0.5, 0.6) is 0 Å². The van der Waals surface area contributed by atoms with Crippen LogP contribution in [0.15, 0.2) is 29.4 Å². The van der Waals surface area contributed by atoms with Crippen molar-refractivity contribution in [2.24, 2.45) is 0 Å². The molecule has 0 aliphatic heterocycles. The molecule has 0 saturated carbocycles. The van der Waals surface area contributed by atoms with E-state index in [2.05, 4.69) is 24.1 Å². The Morgan fingerprint density at radius 1 is 1.50 bits per heavy atom. The van der Waals surface area contributed by atoms with Crippen molar-refractivity contribution in [1.82, 2.24) is 10.3 Å². The Hall–Kier alpha value is -0.580. The largest absolute Gasteiger partial charge is 0.394 e. The lowest BCUT2D eigenvalue weighted by atomic mass is 10.0. The molecule has 1 atom stereocenters. The van der Waals surface area contributed by atoms with Crippen LogP contribution in [0.1, 0.15) is 20.3 Å². The zero-order chi connectivity index (χ0) is 11.9. The maximum atomic E-state index is 9.33. The standard InChI is InChI=1S/C12H20N2OS/c1-3-14-12(2,10-15)7-9-16-11-6-4-5-8-13-11/h4-6,8,14-15H,3,7,9-10H2,1-2H3. The van der Waals surface area contributed by atoms with Gasteiger partial charge in [-0.1, -0.05) is 13.0 Å². The van der Waals surface area contributed by atoms with Gasteiger partial charge in [-0.25, -0.2) is 4.98 Å². The highest BCUT2D eigenvalue weighted by Crippen LogP contribution is 2.19. The number of thioether (sulfide) groups is 1. The summed E-state index contributed by atoms with van der Waals surface area (Å²) < 4.78 is 0. The minimum absolute atomic E-state index is 0.170. The van der Waals surface area contributed by atoms with Gasteiger partial charge in [0.05, 0.1) is 11.6 Å². The molecular weight excluding hydrogens is 220 g/mol. The van der Waals surface area contributed by atoms with E-state index in [1.54, 1.807) is 18.0 Å². The zero-order valence-corrected chi connectivity index (χ0v) is 10.8. The first kappa shape index (κ1) is 13.5. The van der Waals surface area contributed by atoms with Crippen LogP contribution in [0.2, 0.25) is 0 Å². The second-order valence-corrected chi connectivity index (χ2v) is 5.13. The molecule has 0 aliphatic rings. The van der Waals surface area contributed by atoms with Gasteiger partial charge in [-0.3, -0.25) is 0 Å². The first-order valence-electron chi connectivity index (χ1n) is 5.60. The smallest absolute Gasteiger partial charge is 0.0959 e. The second-order valence-electron chi connectivity index (χ2n) is 4.02. The third-order valence-electron chi connectivity index (χ3n) is 2.49. The molecule has 0 aliphatic carbocycles. The number of aromatic nitrogens is 1. The molecule has 0 bridgehead atoms. The lowest BCUT2D eigenvalue weighted by molar-refractivity contribution is 0.173. The van der Waals surface area contributed by atoms with Crippen LogP contribution in [0.25, 0.3) is 0 Å². The quantitative estimate of drug-likeness (QED) is 0.715. The van der Waals surface area contributed by atoms with Gasteiger partial charge in [0, 0.05) is 17.5 Å². The monoisotopic (exact) mass is 240 g/mol. The van der Waals surface area contributed by atoms with Gasteiger partial charge in [-0.2, -0.15) is 0 Å². The highest BCUT2D eigenvalue weighted by molar-refractivity contribution is 7.99. The predicted molar refractivity (Wildman–Crippen MR) is 68.7 cm³/mol. The number of nitrogens with zero attached hydrogens (tertiary/aromatic N) is 1. The summed E-state index contributed by atoms with van der Waals surface area (Å²) in [5, 5.41) is 13.7. The minimum Gasteiger partial charge on any atom is -0.394 e. The van der Waals surface area contributed by atoms with Crippen molar-refractivity contribution in [1.29, 1.82) is 0 Å². The minimum atomic E-state index is -0.170. The Morgan fingerprint density at radius 3 is 2.88 bits per heavy atom. The number of rotatable bonds is 7. The fourth-order valence-electron chi connectivity index (χ4n) is 1.46. The van der Waals surface area contributed by atoms with Crippen LogP contribution < -0.4 is 5.32 Å². The highest BCUT2D eigenvalue weighted by Gasteiger charge is 2.21. The van der Waals surface area contributed by atoms with Crippen LogP contribution >= 0.6 is 11.8 Å². The van der Waals surface area contributed by atoms with Gasteiger partial charge in [0.25, 0.3) is 0 Å². The van der Waals surface area contributed by atoms with E-state index in [0.29, 0.717) is 0 Å². The molecule has 1 aromatic rings. The van der Waals surface area contributed by atoms with E-state index >= 15 is 0 Å². The summed E-state index contributed by atoms with van der Waals surface area (Å²) in [7, 11) is 0. The molecule has 1 heterocycles. The van der Waals surface area contributed by atoms with Crippen molar-refractivity contribution in [3.05, 3.63) is 24.4 Å².